The fraction of sp³-hybridized carbons (Fsp3) is 1.00. The first-order chi connectivity index (χ1) is 3.85. The van der Waals surface area contributed by atoms with Crippen LogP contribution in [0.3, 0.4) is 0 Å². The van der Waals surface area contributed by atoms with Crippen LogP contribution in [0, 0.1) is 0 Å². The molecular weight excluding hydrogens is 162 g/mol. The van der Waals surface area contributed by atoms with Crippen molar-refractivity contribution in [3.63, 3.8) is 0 Å². The van der Waals surface area contributed by atoms with Gasteiger partial charge in [-0.2, -0.15) is 0 Å². The van der Waals surface area contributed by atoms with Crippen LogP contribution < -0.4 is 0 Å². The van der Waals surface area contributed by atoms with E-state index in [1.165, 1.54) is 0 Å². The topological polar surface area (TPSA) is 37.4 Å². The van der Waals surface area contributed by atoms with Crippen molar-refractivity contribution in [3.8, 4) is 0 Å². The zero-order valence-corrected chi connectivity index (χ0v) is 7.20. The third kappa shape index (κ3) is 3.03. The molecule has 0 saturated carbocycles. The minimum atomic E-state index is -3.20. The molecule has 0 aliphatic heterocycles. The molecule has 0 unspecified atom stereocenters. The summed E-state index contributed by atoms with van der Waals surface area (Å²) in [5.41, 5.74) is 0. The van der Waals surface area contributed by atoms with E-state index in [-0.39, 0.29) is 6.04 Å². The second-order valence-electron chi connectivity index (χ2n) is 2.10. The molecule has 0 rings (SSSR count). The SMILES string of the molecule is CC(C)N(Cl)S(C)(=O)=O. The van der Waals surface area contributed by atoms with Crippen LogP contribution in [-0.4, -0.2) is 24.5 Å². The molecule has 0 fully saturated rings. The third-order valence-electron chi connectivity index (χ3n) is 0.723. The lowest BCUT2D eigenvalue weighted by Crippen LogP contribution is -2.26. The second-order valence-corrected chi connectivity index (χ2v) is 4.52. The molecule has 0 aliphatic rings. The van der Waals surface area contributed by atoms with Gasteiger partial charge in [0.05, 0.1) is 6.26 Å². The van der Waals surface area contributed by atoms with Crippen molar-refractivity contribution in [2.24, 2.45) is 0 Å². The molecule has 56 valence electrons. The van der Waals surface area contributed by atoms with Crippen LogP contribution in [0.15, 0.2) is 0 Å². The van der Waals surface area contributed by atoms with Crippen molar-refractivity contribution in [1.82, 2.24) is 3.82 Å². The van der Waals surface area contributed by atoms with E-state index in [1.54, 1.807) is 13.8 Å². The molecule has 0 amide bonds. The zero-order chi connectivity index (χ0) is 7.65. The molecule has 0 N–H and O–H groups in total. The van der Waals surface area contributed by atoms with E-state index in [2.05, 4.69) is 0 Å². The number of halogens is 1. The van der Waals surface area contributed by atoms with E-state index in [4.69, 9.17) is 11.8 Å². The summed E-state index contributed by atoms with van der Waals surface area (Å²) in [4.78, 5) is 0. The first-order valence-electron chi connectivity index (χ1n) is 2.51. The van der Waals surface area contributed by atoms with Gasteiger partial charge in [0.25, 0.3) is 0 Å². The van der Waals surface area contributed by atoms with Gasteiger partial charge >= 0.3 is 0 Å². The first kappa shape index (κ1) is 9.20. The van der Waals surface area contributed by atoms with E-state index in [9.17, 15) is 8.42 Å². The van der Waals surface area contributed by atoms with Gasteiger partial charge in [-0.1, -0.05) is 0 Å². The minimum Gasteiger partial charge on any atom is -0.211 e. The van der Waals surface area contributed by atoms with Gasteiger partial charge in [0.1, 0.15) is 0 Å². The molecule has 3 nitrogen and oxygen atoms in total. The van der Waals surface area contributed by atoms with E-state index < -0.39 is 10.0 Å². The van der Waals surface area contributed by atoms with Crippen LogP contribution in [0.5, 0.6) is 0 Å². The largest absolute Gasteiger partial charge is 0.224 e. The van der Waals surface area contributed by atoms with Gasteiger partial charge in [0.2, 0.25) is 10.0 Å². The average molecular weight is 172 g/mol. The Bertz CT molecular complexity index is 175. The van der Waals surface area contributed by atoms with Gasteiger partial charge < -0.3 is 0 Å². The normalized spacial score (nSPS) is 13.1. The summed E-state index contributed by atoms with van der Waals surface area (Å²) in [6, 6.07) is -0.179. The first-order valence-corrected chi connectivity index (χ1v) is 4.69. The number of sulfonamides is 1. The fourth-order valence-corrected chi connectivity index (χ4v) is 1.15. The van der Waals surface area contributed by atoms with E-state index >= 15 is 0 Å². The molecular formula is C4H10ClNO2S. The number of hydrogen-bond donors (Lipinski definition) is 0. The molecule has 0 atom stereocenters. The van der Waals surface area contributed by atoms with Crippen LogP contribution in [0.25, 0.3) is 0 Å². The Labute approximate surface area is 60.8 Å². The lowest BCUT2D eigenvalue weighted by Gasteiger charge is -2.13. The van der Waals surface area contributed by atoms with Crippen molar-refractivity contribution in [2.45, 2.75) is 19.9 Å². The average Bonchev–Trinajstić information content (AvgIpc) is 1.62. The Hall–Kier alpha value is 0.200. The molecule has 0 radical (unpaired) electrons. The Morgan fingerprint density at radius 2 is 1.78 bits per heavy atom. The maximum absolute atomic E-state index is 10.6. The standard InChI is InChI=1S/C4H10ClNO2S/c1-4(2)6(5)9(3,7)8/h4H,1-3H3. The van der Waals surface area contributed by atoms with E-state index in [0.29, 0.717) is 0 Å². The Morgan fingerprint density at radius 1 is 1.44 bits per heavy atom. The van der Waals surface area contributed by atoms with E-state index in [0.717, 1.165) is 10.1 Å². The van der Waals surface area contributed by atoms with Crippen molar-refractivity contribution >= 4 is 21.8 Å². The quantitative estimate of drug-likeness (QED) is 0.577. The van der Waals surface area contributed by atoms with Crippen LogP contribution in [0.4, 0.5) is 0 Å². The number of nitrogens with zero attached hydrogens (tertiary/aromatic N) is 1. The summed E-state index contributed by atoms with van der Waals surface area (Å²) in [6.07, 6.45) is 1.07. The summed E-state index contributed by atoms with van der Waals surface area (Å²) in [6.45, 7) is 3.40. The molecule has 0 spiro atoms. The Kier molecular flexibility index (Phi) is 2.92. The fourth-order valence-electron chi connectivity index (χ4n) is 0.383. The summed E-state index contributed by atoms with van der Waals surface area (Å²) < 4.78 is 21.9. The van der Waals surface area contributed by atoms with Gasteiger partial charge in [-0.15, -0.1) is 3.82 Å². The molecule has 0 aromatic heterocycles. The second kappa shape index (κ2) is 2.86. The molecule has 0 aromatic rings. The predicted molar refractivity (Wildman–Crippen MR) is 37.7 cm³/mol. The highest BCUT2D eigenvalue weighted by Gasteiger charge is 2.16. The molecule has 0 bridgehead atoms. The van der Waals surface area contributed by atoms with Crippen molar-refractivity contribution < 1.29 is 8.42 Å². The van der Waals surface area contributed by atoms with Crippen molar-refractivity contribution in [2.75, 3.05) is 6.26 Å². The van der Waals surface area contributed by atoms with Gasteiger partial charge in [0, 0.05) is 6.04 Å². The molecule has 9 heavy (non-hydrogen) atoms. The molecule has 0 aliphatic carbocycles. The highest BCUT2D eigenvalue weighted by atomic mass is 35.5. The van der Waals surface area contributed by atoms with Crippen LogP contribution in [0.1, 0.15) is 13.8 Å². The predicted octanol–water partition coefficient (Wildman–Crippen LogP) is 0.810. The van der Waals surface area contributed by atoms with Crippen LogP contribution in [0.2, 0.25) is 0 Å². The van der Waals surface area contributed by atoms with E-state index in [1.807, 2.05) is 0 Å². The van der Waals surface area contributed by atoms with Crippen molar-refractivity contribution in [1.29, 1.82) is 0 Å². The van der Waals surface area contributed by atoms with Gasteiger partial charge in [-0.25, -0.2) is 8.42 Å². The minimum absolute atomic E-state index is 0.179. The Balaban J connectivity index is 4.24. The molecule has 0 aromatic carbocycles. The highest BCUT2D eigenvalue weighted by Crippen LogP contribution is 2.06. The monoisotopic (exact) mass is 171 g/mol. The molecule has 0 saturated heterocycles. The van der Waals surface area contributed by atoms with Gasteiger partial charge in [0.15, 0.2) is 0 Å². The summed E-state index contributed by atoms with van der Waals surface area (Å²) >= 11 is 5.34. The summed E-state index contributed by atoms with van der Waals surface area (Å²) in [5, 5.41) is 0. The third-order valence-corrected chi connectivity index (χ3v) is 2.92. The van der Waals surface area contributed by atoms with Crippen LogP contribution >= 0.6 is 11.8 Å². The van der Waals surface area contributed by atoms with Gasteiger partial charge in [-0.05, 0) is 25.6 Å². The number of hydrogen-bond acceptors (Lipinski definition) is 2. The molecule has 0 heterocycles. The van der Waals surface area contributed by atoms with Crippen LogP contribution in [-0.2, 0) is 10.0 Å². The Morgan fingerprint density at radius 3 is 1.78 bits per heavy atom. The van der Waals surface area contributed by atoms with Gasteiger partial charge in [-0.3, -0.25) is 0 Å². The summed E-state index contributed by atoms with van der Waals surface area (Å²) in [7, 11) is -3.20. The van der Waals surface area contributed by atoms with Crippen molar-refractivity contribution in [3.05, 3.63) is 0 Å². The smallest absolute Gasteiger partial charge is 0.211 e. The summed E-state index contributed by atoms with van der Waals surface area (Å²) in [5.74, 6) is 0. The lowest BCUT2D eigenvalue weighted by atomic mass is 10.4. The lowest BCUT2D eigenvalue weighted by molar-refractivity contribution is 0.498. The molecule has 5 heteroatoms. The number of rotatable bonds is 2. The maximum atomic E-state index is 10.6. The highest BCUT2D eigenvalue weighted by molar-refractivity contribution is 7.89. The maximum Gasteiger partial charge on any atom is 0.224 e. The zero-order valence-electron chi connectivity index (χ0n) is 5.63.